The zero-order valence-electron chi connectivity index (χ0n) is 18.7. The van der Waals surface area contributed by atoms with Crippen LogP contribution in [0.5, 0.6) is 0 Å². The fraction of sp³-hybridized carbons (Fsp3) is 0.720. The number of nitrogens with zero attached hydrogens (tertiary/aromatic N) is 3. The van der Waals surface area contributed by atoms with Gasteiger partial charge in [0.1, 0.15) is 0 Å². The van der Waals surface area contributed by atoms with E-state index in [1.54, 1.807) is 7.11 Å². The zero-order valence-corrected chi connectivity index (χ0v) is 18.7. The van der Waals surface area contributed by atoms with Crippen molar-refractivity contribution in [1.82, 2.24) is 14.7 Å². The number of hydrogen-bond acceptors (Lipinski definition) is 4. The second-order valence-electron chi connectivity index (χ2n) is 9.50. The Labute approximate surface area is 182 Å². The molecule has 5 heteroatoms. The minimum Gasteiger partial charge on any atom is -0.383 e. The molecule has 2 saturated heterocycles. The maximum Gasteiger partial charge on any atom is 0.236 e. The summed E-state index contributed by atoms with van der Waals surface area (Å²) in [6, 6.07) is 9.57. The Hall–Kier alpha value is -1.43. The highest BCUT2D eigenvalue weighted by atomic mass is 16.5. The molecular weight excluding hydrogens is 374 g/mol. The van der Waals surface area contributed by atoms with Crippen LogP contribution in [0, 0.1) is 5.92 Å². The third-order valence-corrected chi connectivity index (χ3v) is 7.30. The highest BCUT2D eigenvalue weighted by Crippen LogP contribution is 2.29. The molecule has 0 saturated carbocycles. The van der Waals surface area contributed by atoms with E-state index >= 15 is 0 Å². The Morgan fingerprint density at radius 2 is 1.80 bits per heavy atom. The van der Waals surface area contributed by atoms with Crippen LogP contribution in [0.15, 0.2) is 24.3 Å². The van der Waals surface area contributed by atoms with Crippen LogP contribution in [0.25, 0.3) is 0 Å². The van der Waals surface area contributed by atoms with Gasteiger partial charge < -0.3 is 9.64 Å². The number of fused-ring (bicyclic) bond motifs is 1. The van der Waals surface area contributed by atoms with Crippen LogP contribution in [0.2, 0.25) is 0 Å². The number of likely N-dealkylation sites (tertiary alicyclic amines) is 2. The molecular formula is C25H39N3O2. The number of benzene rings is 1. The van der Waals surface area contributed by atoms with Crippen molar-refractivity contribution in [3.8, 4) is 0 Å². The Kier molecular flexibility index (Phi) is 7.80. The van der Waals surface area contributed by atoms with Gasteiger partial charge in [0.25, 0.3) is 0 Å². The number of amides is 1. The van der Waals surface area contributed by atoms with Gasteiger partial charge in [-0.3, -0.25) is 14.6 Å². The van der Waals surface area contributed by atoms with E-state index in [4.69, 9.17) is 4.74 Å². The summed E-state index contributed by atoms with van der Waals surface area (Å²) >= 11 is 0. The Bertz CT molecular complexity index is 664. The number of hydrogen-bond donors (Lipinski definition) is 0. The van der Waals surface area contributed by atoms with Gasteiger partial charge in [0.15, 0.2) is 0 Å². The van der Waals surface area contributed by atoms with Gasteiger partial charge in [0, 0.05) is 32.8 Å². The molecule has 0 N–H and O–H groups in total. The van der Waals surface area contributed by atoms with Crippen LogP contribution in [-0.4, -0.2) is 86.2 Å². The van der Waals surface area contributed by atoms with Crippen LogP contribution >= 0.6 is 0 Å². The summed E-state index contributed by atoms with van der Waals surface area (Å²) in [5.41, 5.74) is 3.06. The third-order valence-electron chi connectivity index (χ3n) is 7.30. The quantitative estimate of drug-likeness (QED) is 0.657. The van der Waals surface area contributed by atoms with E-state index in [2.05, 4.69) is 39.0 Å². The molecule has 1 aliphatic carbocycles. The number of carbonyl (C=O) groups is 1. The van der Waals surface area contributed by atoms with E-state index in [9.17, 15) is 4.79 Å². The molecule has 0 spiro atoms. The van der Waals surface area contributed by atoms with E-state index in [0.29, 0.717) is 37.6 Å². The first-order valence-corrected chi connectivity index (χ1v) is 12.0. The topological polar surface area (TPSA) is 36.0 Å². The summed E-state index contributed by atoms with van der Waals surface area (Å²) < 4.78 is 5.32. The van der Waals surface area contributed by atoms with Gasteiger partial charge in [-0.25, -0.2) is 0 Å². The summed E-state index contributed by atoms with van der Waals surface area (Å²) in [6.45, 7) is 7.28. The van der Waals surface area contributed by atoms with E-state index in [1.165, 1.54) is 62.6 Å². The molecule has 1 aromatic carbocycles. The zero-order chi connectivity index (χ0) is 20.8. The number of ether oxygens (including phenoxy) is 1. The van der Waals surface area contributed by atoms with E-state index in [1.807, 2.05) is 0 Å². The van der Waals surface area contributed by atoms with Crippen molar-refractivity contribution in [3.05, 3.63) is 35.4 Å². The molecule has 1 aromatic rings. The summed E-state index contributed by atoms with van der Waals surface area (Å²) in [7, 11) is 1.73. The predicted octanol–water partition coefficient (Wildman–Crippen LogP) is 2.83. The average Bonchev–Trinajstić information content (AvgIpc) is 3.22. The molecule has 30 heavy (non-hydrogen) atoms. The van der Waals surface area contributed by atoms with Gasteiger partial charge in [-0.15, -0.1) is 0 Å². The molecule has 2 heterocycles. The van der Waals surface area contributed by atoms with Gasteiger partial charge in [-0.1, -0.05) is 30.7 Å². The lowest BCUT2D eigenvalue weighted by atomic mass is 9.95. The van der Waals surface area contributed by atoms with E-state index in [0.717, 1.165) is 26.2 Å². The Balaban J connectivity index is 1.32. The normalized spacial score (nSPS) is 23.4. The molecule has 1 amide bonds. The largest absolute Gasteiger partial charge is 0.383 e. The maximum absolute atomic E-state index is 13.1. The molecule has 166 valence electrons. The lowest BCUT2D eigenvalue weighted by Crippen LogP contribution is -2.49. The second kappa shape index (κ2) is 10.7. The van der Waals surface area contributed by atoms with Crippen molar-refractivity contribution in [2.24, 2.45) is 5.92 Å². The van der Waals surface area contributed by atoms with Crippen molar-refractivity contribution in [2.75, 3.05) is 59.5 Å². The van der Waals surface area contributed by atoms with Gasteiger partial charge in [-0.05, 0) is 75.2 Å². The summed E-state index contributed by atoms with van der Waals surface area (Å²) in [6.07, 6.45) is 8.61. The van der Waals surface area contributed by atoms with Gasteiger partial charge in [-0.2, -0.15) is 0 Å². The molecule has 1 unspecified atom stereocenters. The van der Waals surface area contributed by atoms with Crippen LogP contribution in [-0.2, 0) is 22.4 Å². The van der Waals surface area contributed by atoms with Crippen LogP contribution in [0.4, 0.5) is 0 Å². The van der Waals surface area contributed by atoms with Crippen LogP contribution in [0.1, 0.15) is 43.2 Å². The smallest absolute Gasteiger partial charge is 0.236 e. The molecule has 2 fully saturated rings. The van der Waals surface area contributed by atoms with E-state index in [-0.39, 0.29) is 0 Å². The van der Waals surface area contributed by atoms with Crippen LogP contribution < -0.4 is 0 Å². The number of rotatable bonds is 8. The van der Waals surface area contributed by atoms with Crippen molar-refractivity contribution in [3.63, 3.8) is 0 Å². The Morgan fingerprint density at radius 1 is 1.07 bits per heavy atom. The highest BCUT2D eigenvalue weighted by molar-refractivity contribution is 5.78. The molecule has 5 nitrogen and oxygen atoms in total. The fourth-order valence-corrected chi connectivity index (χ4v) is 5.61. The summed E-state index contributed by atoms with van der Waals surface area (Å²) in [5, 5.41) is 0. The fourth-order valence-electron chi connectivity index (χ4n) is 5.61. The van der Waals surface area contributed by atoms with Gasteiger partial charge >= 0.3 is 0 Å². The minimum absolute atomic E-state index is 0.291. The molecule has 0 aromatic heterocycles. The summed E-state index contributed by atoms with van der Waals surface area (Å²) in [4.78, 5) is 20.2. The lowest BCUT2D eigenvalue weighted by Gasteiger charge is -2.39. The maximum atomic E-state index is 13.1. The second-order valence-corrected chi connectivity index (χ2v) is 9.50. The summed E-state index contributed by atoms with van der Waals surface area (Å²) in [5.74, 6) is 0.865. The molecule has 1 atom stereocenters. The molecule has 4 rings (SSSR count). The van der Waals surface area contributed by atoms with Crippen molar-refractivity contribution in [2.45, 2.75) is 51.0 Å². The predicted molar refractivity (Wildman–Crippen MR) is 121 cm³/mol. The molecule has 2 aliphatic heterocycles. The third kappa shape index (κ3) is 5.63. The van der Waals surface area contributed by atoms with Crippen molar-refractivity contribution < 1.29 is 9.53 Å². The molecule has 0 radical (unpaired) electrons. The number of methoxy groups -OCH3 is 1. The van der Waals surface area contributed by atoms with Gasteiger partial charge in [0.2, 0.25) is 5.91 Å². The van der Waals surface area contributed by atoms with Crippen molar-refractivity contribution in [1.29, 1.82) is 0 Å². The monoisotopic (exact) mass is 413 g/mol. The highest BCUT2D eigenvalue weighted by Gasteiger charge is 2.31. The van der Waals surface area contributed by atoms with Crippen molar-refractivity contribution >= 4 is 5.91 Å². The molecule has 3 aliphatic rings. The first kappa shape index (κ1) is 21.8. The van der Waals surface area contributed by atoms with Crippen LogP contribution in [0.3, 0.4) is 0 Å². The first-order chi connectivity index (χ1) is 14.7. The lowest BCUT2D eigenvalue weighted by molar-refractivity contribution is -0.134. The minimum atomic E-state index is 0.291. The standard InChI is InChI=1S/C25H39N3O2/c1-30-15-14-28(25(29)20-26-11-5-2-6-12-26)19-21-8-7-13-27(18-21)24-16-22-9-3-4-10-23(22)17-24/h3-4,9-10,21,24H,2,5-8,11-20H2,1H3. The number of piperidine rings is 2. The SMILES string of the molecule is COCCN(CC1CCCN(C2Cc3ccccc3C2)C1)C(=O)CN1CCCCC1. The Morgan fingerprint density at radius 3 is 2.50 bits per heavy atom. The van der Waals surface area contributed by atoms with Gasteiger partial charge in [0.05, 0.1) is 13.2 Å². The first-order valence-electron chi connectivity index (χ1n) is 12.0. The average molecular weight is 414 g/mol. The van der Waals surface area contributed by atoms with E-state index < -0.39 is 0 Å². The number of carbonyl (C=O) groups excluding carboxylic acids is 1. The molecule has 0 bridgehead atoms.